The van der Waals surface area contributed by atoms with Crippen LogP contribution in [0.3, 0.4) is 0 Å². The van der Waals surface area contributed by atoms with Crippen molar-refractivity contribution in [3.8, 4) is 0 Å². The number of hydrogen-bond donors (Lipinski definition) is 1. The molecule has 0 radical (unpaired) electrons. The fourth-order valence-corrected chi connectivity index (χ4v) is 2.30. The van der Waals surface area contributed by atoms with E-state index in [9.17, 15) is 0 Å². The molecule has 1 aliphatic rings. The van der Waals surface area contributed by atoms with E-state index in [0.717, 1.165) is 12.2 Å². The van der Waals surface area contributed by atoms with Crippen molar-refractivity contribution in [3.63, 3.8) is 0 Å². The van der Waals surface area contributed by atoms with E-state index >= 15 is 0 Å². The summed E-state index contributed by atoms with van der Waals surface area (Å²) >= 11 is 0. The Morgan fingerprint density at radius 1 is 1.38 bits per heavy atom. The van der Waals surface area contributed by atoms with Gasteiger partial charge in [0.05, 0.1) is 5.69 Å². The molecule has 1 aromatic heterocycles. The minimum Gasteiger partial charge on any atom is -0.317 e. The lowest BCUT2D eigenvalue weighted by atomic mass is 10.1. The van der Waals surface area contributed by atoms with Crippen LogP contribution < -0.4 is 5.32 Å². The van der Waals surface area contributed by atoms with Crippen LogP contribution in [0.4, 0.5) is 0 Å². The van der Waals surface area contributed by atoms with E-state index in [2.05, 4.69) is 47.4 Å². The van der Waals surface area contributed by atoms with Crippen LogP contribution >= 0.6 is 0 Å². The molecule has 0 atom stereocenters. The summed E-state index contributed by atoms with van der Waals surface area (Å²) in [5, 5.41) is 3.36. The van der Waals surface area contributed by atoms with Gasteiger partial charge in [-0.1, -0.05) is 6.07 Å². The first-order valence-corrected chi connectivity index (χ1v) is 6.10. The second kappa shape index (κ2) is 5.41. The maximum Gasteiger partial charge on any atom is 0.0547 e. The molecule has 1 aromatic rings. The van der Waals surface area contributed by atoms with E-state index in [-0.39, 0.29) is 0 Å². The molecule has 1 aliphatic heterocycles. The second-order valence-corrected chi connectivity index (χ2v) is 4.61. The van der Waals surface area contributed by atoms with Gasteiger partial charge in [0.15, 0.2) is 0 Å². The van der Waals surface area contributed by atoms with Gasteiger partial charge in [-0.25, -0.2) is 0 Å². The van der Waals surface area contributed by atoms with Gasteiger partial charge in [-0.3, -0.25) is 9.88 Å². The number of pyridine rings is 1. The predicted octanol–water partition coefficient (Wildman–Crippen LogP) is 1.57. The Labute approximate surface area is 97.9 Å². The number of rotatable bonds is 3. The van der Waals surface area contributed by atoms with E-state index in [1.807, 2.05) is 0 Å². The van der Waals surface area contributed by atoms with Gasteiger partial charge in [0.1, 0.15) is 0 Å². The lowest BCUT2D eigenvalue weighted by Gasteiger charge is -2.31. The molecule has 3 nitrogen and oxygen atoms in total. The molecule has 0 bridgehead atoms. The van der Waals surface area contributed by atoms with Crippen LogP contribution in [0.15, 0.2) is 18.2 Å². The van der Waals surface area contributed by atoms with Gasteiger partial charge in [0.2, 0.25) is 0 Å². The van der Waals surface area contributed by atoms with Crippen LogP contribution in [0.1, 0.15) is 24.2 Å². The zero-order valence-corrected chi connectivity index (χ0v) is 10.2. The minimum absolute atomic E-state index is 0.710. The molecule has 2 heterocycles. The van der Waals surface area contributed by atoms with E-state index in [0.29, 0.717) is 6.04 Å². The Bertz CT molecular complexity index is 330. The third-order valence-electron chi connectivity index (χ3n) is 3.33. The van der Waals surface area contributed by atoms with E-state index in [1.54, 1.807) is 0 Å². The molecular weight excluding hydrogens is 198 g/mol. The Balaban J connectivity index is 1.87. The number of nitrogens with zero attached hydrogens (tertiary/aromatic N) is 2. The summed E-state index contributed by atoms with van der Waals surface area (Å²) in [6.45, 7) is 5.41. The van der Waals surface area contributed by atoms with Gasteiger partial charge < -0.3 is 5.32 Å². The van der Waals surface area contributed by atoms with Crippen molar-refractivity contribution in [2.75, 3.05) is 20.1 Å². The lowest BCUT2D eigenvalue weighted by molar-refractivity contribution is 0.192. The molecule has 88 valence electrons. The number of aromatic nitrogens is 1. The second-order valence-electron chi connectivity index (χ2n) is 4.61. The zero-order valence-electron chi connectivity index (χ0n) is 10.2. The number of aryl methyl sites for hydroxylation is 1. The van der Waals surface area contributed by atoms with Gasteiger partial charge in [0, 0.05) is 31.4 Å². The fourth-order valence-electron chi connectivity index (χ4n) is 2.30. The van der Waals surface area contributed by atoms with Crippen molar-refractivity contribution in [1.29, 1.82) is 0 Å². The van der Waals surface area contributed by atoms with E-state index < -0.39 is 0 Å². The highest BCUT2D eigenvalue weighted by Crippen LogP contribution is 2.12. The maximum absolute atomic E-state index is 4.55. The molecular formula is C13H21N3. The summed E-state index contributed by atoms with van der Waals surface area (Å²) in [4.78, 5) is 7.04. The number of hydrogen-bond acceptors (Lipinski definition) is 3. The normalized spacial score (nSPS) is 18.9. The molecule has 0 aliphatic carbocycles. The average molecular weight is 219 g/mol. The van der Waals surface area contributed by atoms with Crippen LogP contribution in [0, 0.1) is 6.92 Å². The first-order chi connectivity index (χ1) is 7.78. The Kier molecular flexibility index (Phi) is 3.91. The van der Waals surface area contributed by atoms with Crippen molar-refractivity contribution < 1.29 is 0 Å². The van der Waals surface area contributed by atoms with E-state index in [1.165, 1.54) is 31.6 Å². The van der Waals surface area contributed by atoms with Crippen LogP contribution in [0.5, 0.6) is 0 Å². The Morgan fingerprint density at radius 2 is 2.12 bits per heavy atom. The standard InChI is InChI=1S/C13H21N3/c1-11-4-3-5-13(15-11)10-16-8-6-12(14-2)7-9-16/h3-5,12,14H,6-10H2,1-2H3. The summed E-state index contributed by atoms with van der Waals surface area (Å²) in [6.07, 6.45) is 2.50. The lowest BCUT2D eigenvalue weighted by Crippen LogP contribution is -2.40. The molecule has 1 N–H and O–H groups in total. The summed E-state index contributed by atoms with van der Waals surface area (Å²) in [5.41, 5.74) is 2.31. The summed E-state index contributed by atoms with van der Waals surface area (Å²) < 4.78 is 0. The van der Waals surface area contributed by atoms with Gasteiger partial charge in [-0.2, -0.15) is 0 Å². The first-order valence-electron chi connectivity index (χ1n) is 6.10. The molecule has 3 heteroatoms. The van der Waals surface area contributed by atoms with Gasteiger partial charge >= 0.3 is 0 Å². The molecule has 0 unspecified atom stereocenters. The molecule has 2 rings (SSSR count). The molecule has 0 amide bonds. The van der Waals surface area contributed by atoms with Crippen molar-refractivity contribution >= 4 is 0 Å². The fraction of sp³-hybridized carbons (Fsp3) is 0.615. The predicted molar refractivity (Wildman–Crippen MR) is 66.3 cm³/mol. The monoisotopic (exact) mass is 219 g/mol. The largest absolute Gasteiger partial charge is 0.317 e. The van der Waals surface area contributed by atoms with Crippen molar-refractivity contribution in [1.82, 2.24) is 15.2 Å². The highest BCUT2D eigenvalue weighted by atomic mass is 15.1. The van der Waals surface area contributed by atoms with Gasteiger partial charge in [0.25, 0.3) is 0 Å². The smallest absolute Gasteiger partial charge is 0.0547 e. The molecule has 0 spiro atoms. The van der Waals surface area contributed by atoms with Crippen molar-refractivity contribution in [2.24, 2.45) is 0 Å². The quantitative estimate of drug-likeness (QED) is 0.836. The maximum atomic E-state index is 4.55. The van der Waals surface area contributed by atoms with E-state index in [4.69, 9.17) is 0 Å². The first kappa shape index (κ1) is 11.6. The average Bonchev–Trinajstić information content (AvgIpc) is 2.30. The number of piperidine rings is 1. The molecule has 0 aromatic carbocycles. The highest BCUT2D eigenvalue weighted by molar-refractivity contribution is 5.09. The van der Waals surface area contributed by atoms with Crippen LogP contribution in [0.25, 0.3) is 0 Å². The SMILES string of the molecule is CNC1CCN(Cc2cccc(C)n2)CC1. The van der Waals surface area contributed by atoms with Crippen LogP contribution in [0.2, 0.25) is 0 Å². The van der Waals surface area contributed by atoms with Crippen LogP contribution in [-0.4, -0.2) is 36.1 Å². The highest BCUT2D eigenvalue weighted by Gasteiger charge is 2.17. The third-order valence-corrected chi connectivity index (χ3v) is 3.33. The third kappa shape index (κ3) is 3.03. The minimum atomic E-state index is 0.710. The number of likely N-dealkylation sites (tertiary alicyclic amines) is 1. The molecule has 0 saturated carbocycles. The van der Waals surface area contributed by atoms with Gasteiger partial charge in [-0.15, -0.1) is 0 Å². The summed E-state index contributed by atoms with van der Waals surface area (Å²) in [6, 6.07) is 6.98. The summed E-state index contributed by atoms with van der Waals surface area (Å²) in [7, 11) is 2.06. The summed E-state index contributed by atoms with van der Waals surface area (Å²) in [5.74, 6) is 0. The zero-order chi connectivity index (χ0) is 11.4. The topological polar surface area (TPSA) is 28.2 Å². The van der Waals surface area contributed by atoms with Crippen molar-refractivity contribution in [3.05, 3.63) is 29.6 Å². The Hall–Kier alpha value is -0.930. The Morgan fingerprint density at radius 3 is 2.75 bits per heavy atom. The van der Waals surface area contributed by atoms with Crippen molar-refractivity contribution in [2.45, 2.75) is 32.4 Å². The number of nitrogens with one attached hydrogen (secondary N) is 1. The van der Waals surface area contributed by atoms with Crippen LogP contribution in [-0.2, 0) is 6.54 Å². The van der Waals surface area contributed by atoms with Gasteiger partial charge in [-0.05, 0) is 38.9 Å². The molecule has 16 heavy (non-hydrogen) atoms. The molecule has 1 saturated heterocycles. The molecule has 1 fully saturated rings.